The first-order chi connectivity index (χ1) is 14.8. The van der Waals surface area contributed by atoms with Crippen LogP contribution < -0.4 is 11.2 Å². The van der Waals surface area contributed by atoms with Crippen LogP contribution in [-0.4, -0.2) is 47.3 Å². The van der Waals surface area contributed by atoms with Gasteiger partial charge in [-0.25, -0.2) is 0 Å². The monoisotopic (exact) mass is 529 g/mol. The Morgan fingerprint density at radius 1 is 0.794 bits per heavy atom. The number of carbonyl (C=O) groups excluding carboxylic acids is 1. The predicted octanol–water partition coefficient (Wildman–Crippen LogP) is 3.60. The molecule has 0 aliphatic carbocycles. The van der Waals surface area contributed by atoms with Crippen molar-refractivity contribution in [2.24, 2.45) is 5.73 Å². The average Bonchev–Trinajstić information content (AvgIpc) is 2.65. The van der Waals surface area contributed by atoms with Crippen molar-refractivity contribution >= 4 is 18.5 Å². The molecular formula is C15H10BF14NO3. The molecule has 0 spiro atoms. The zero-order chi connectivity index (χ0) is 27.7. The van der Waals surface area contributed by atoms with Crippen LogP contribution in [0, 0.1) is 0 Å². The van der Waals surface area contributed by atoms with Crippen molar-refractivity contribution in [3.8, 4) is 0 Å². The molecule has 1 aromatic carbocycles. The van der Waals surface area contributed by atoms with Crippen LogP contribution in [0.3, 0.4) is 0 Å². The minimum atomic E-state index is -7.07. The van der Waals surface area contributed by atoms with Crippen molar-refractivity contribution in [2.75, 3.05) is 0 Å². The maximum absolute atomic E-state index is 13.8. The largest absolute Gasteiger partial charge is 0.488 e. The number of nitrogens with two attached hydrogens (primary N) is 1. The van der Waals surface area contributed by atoms with Crippen LogP contribution in [0.25, 0.3) is 0 Å². The van der Waals surface area contributed by atoms with Crippen LogP contribution in [0.2, 0.25) is 0 Å². The zero-order valence-electron chi connectivity index (χ0n) is 15.8. The molecule has 0 bridgehead atoms. The molecule has 0 saturated carbocycles. The third-order valence-corrected chi connectivity index (χ3v) is 3.73. The van der Waals surface area contributed by atoms with E-state index >= 15 is 0 Å². The summed E-state index contributed by atoms with van der Waals surface area (Å²) in [6.45, 7) is 3.09. The van der Waals surface area contributed by atoms with E-state index < -0.39 is 83.9 Å². The van der Waals surface area contributed by atoms with Crippen LogP contribution in [0.15, 0.2) is 30.9 Å². The topological polar surface area (TPSA) is 83.6 Å². The fraction of sp³-hybridized carbons (Fsp3) is 0.400. The summed E-state index contributed by atoms with van der Waals surface area (Å²) in [7, 11) is -3.31. The fourth-order valence-corrected chi connectivity index (χ4v) is 1.96. The Bertz CT molecular complexity index is 895. The summed E-state index contributed by atoms with van der Waals surface area (Å²) >= 11 is 0. The van der Waals surface area contributed by atoms with Crippen molar-refractivity contribution in [1.82, 2.24) is 0 Å². The molecule has 0 fully saturated rings. The van der Waals surface area contributed by atoms with Crippen molar-refractivity contribution in [3.63, 3.8) is 0 Å². The summed E-state index contributed by atoms with van der Waals surface area (Å²) in [5.41, 5.74) is -3.14. The number of alkyl halides is 14. The lowest BCUT2D eigenvalue weighted by Crippen LogP contribution is -2.54. The highest BCUT2D eigenvalue weighted by Crippen LogP contribution is 2.54. The molecule has 0 unspecified atom stereocenters. The van der Waals surface area contributed by atoms with Crippen molar-refractivity contribution < 1.29 is 76.3 Å². The number of hydrogen-bond donors (Lipinski definition) is 3. The number of amides is 1. The van der Waals surface area contributed by atoms with Gasteiger partial charge in [0.1, 0.15) is 0 Å². The van der Waals surface area contributed by atoms with Crippen LogP contribution >= 0.6 is 0 Å². The molecule has 0 saturated heterocycles. The molecule has 1 rings (SSSR count). The predicted molar refractivity (Wildman–Crippen MR) is 85.5 cm³/mol. The van der Waals surface area contributed by atoms with Gasteiger partial charge in [0.05, 0.1) is 0 Å². The standard InChI is InChI=1S/C12H5BF14O2.C3H5NO/c14-7(15,9(18,19)11(22,23)24)4-1-2-6(13(28)29)5(3-4)8(16,17)10(20,21)12(25,26)27;1-2-3(4)5/h1-3,28-29H;2H,1H2,(H2,4,5). The lowest BCUT2D eigenvalue weighted by atomic mass is 9.73. The molecule has 0 aliphatic heterocycles. The van der Waals surface area contributed by atoms with E-state index in [2.05, 4.69) is 12.3 Å². The number of halogens is 14. The van der Waals surface area contributed by atoms with Gasteiger partial charge in [-0.3, -0.25) is 4.79 Å². The minimum Gasteiger partial charge on any atom is -0.423 e. The maximum atomic E-state index is 13.8. The first-order valence-corrected chi connectivity index (χ1v) is 7.88. The smallest absolute Gasteiger partial charge is 0.423 e. The van der Waals surface area contributed by atoms with E-state index in [4.69, 9.17) is 10.0 Å². The summed E-state index contributed by atoms with van der Waals surface area (Å²) in [4.78, 5) is 9.47. The van der Waals surface area contributed by atoms with Gasteiger partial charge >= 0.3 is 43.2 Å². The highest BCUT2D eigenvalue weighted by molar-refractivity contribution is 6.59. The molecule has 34 heavy (non-hydrogen) atoms. The Balaban J connectivity index is 0.00000196. The normalized spacial score (nSPS) is 13.6. The molecular weight excluding hydrogens is 519 g/mol. The van der Waals surface area contributed by atoms with Gasteiger partial charge in [-0.2, -0.15) is 61.5 Å². The zero-order valence-corrected chi connectivity index (χ0v) is 15.8. The quantitative estimate of drug-likeness (QED) is 0.300. The number of rotatable bonds is 6. The molecule has 4 nitrogen and oxygen atoms in total. The van der Waals surface area contributed by atoms with E-state index in [0.29, 0.717) is 0 Å². The highest BCUT2D eigenvalue weighted by Gasteiger charge is 2.76. The molecule has 4 N–H and O–H groups in total. The Kier molecular flexibility index (Phi) is 8.87. The third-order valence-electron chi connectivity index (χ3n) is 3.73. The average molecular weight is 529 g/mol. The van der Waals surface area contributed by atoms with Gasteiger partial charge in [-0.05, 0) is 17.6 Å². The van der Waals surface area contributed by atoms with E-state index in [1.54, 1.807) is 0 Å². The molecule has 0 heterocycles. The van der Waals surface area contributed by atoms with Crippen molar-refractivity contribution in [1.29, 1.82) is 0 Å². The molecule has 1 amide bonds. The fourth-order valence-electron chi connectivity index (χ4n) is 1.96. The number of carbonyl (C=O) groups is 1. The van der Waals surface area contributed by atoms with E-state index in [9.17, 15) is 66.3 Å². The van der Waals surface area contributed by atoms with Gasteiger partial charge < -0.3 is 15.8 Å². The van der Waals surface area contributed by atoms with E-state index in [1.165, 1.54) is 0 Å². The van der Waals surface area contributed by atoms with Gasteiger partial charge in [-0.1, -0.05) is 18.7 Å². The Hall–Kier alpha value is -2.57. The Labute approximate surface area is 179 Å². The highest BCUT2D eigenvalue weighted by atomic mass is 19.4. The first kappa shape index (κ1) is 31.4. The number of hydrogen-bond acceptors (Lipinski definition) is 3. The van der Waals surface area contributed by atoms with Gasteiger partial charge in [0, 0.05) is 11.1 Å². The molecule has 194 valence electrons. The second-order valence-corrected chi connectivity index (χ2v) is 6.08. The summed E-state index contributed by atoms with van der Waals surface area (Å²) in [5, 5.41) is 17.6. The van der Waals surface area contributed by atoms with Crippen LogP contribution in [0.4, 0.5) is 61.5 Å². The second kappa shape index (κ2) is 9.59. The van der Waals surface area contributed by atoms with Gasteiger partial charge in [0.15, 0.2) is 0 Å². The van der Waals surface area contributed by atoms with Crippen molar-refractivity contribution in [3.05, 3.63) is 42.0 Å². The molecule has 0 radical (unpaired) electrons. The van der Waals surface area contributed by atoms with Gasteiger partial charge in [0.2, 0.25) is 5.91 Å². The van der Waals surface area contributed by atoms with Crippen LogP contribution in [0.1, 0.15) is 11.1 Å². The van der Waals surface area contributed by atoms with E-state index in [1.807, 2.05) is 0 Å². The molecule has 1 aromatic rings. The number of primary amides is 1. The summed E-state index contributed by atoms with van der Waals surface area (Å²) in [6.07, 6.45) is -13.0. The van der Waals surface area contributed by atoms with Gasteiger partial charge in [-0.15, -0.1) is 0 Å². The molecule has 0 atom stereocenters. The van der Waals surface area contributed by atoms with Gasteiger partial charge in [0.25, 0.3) is 0 Å². The second-order valence-electron chi connectivity index (χ2n) is 6.08. The lowest BCUT2D eigenvalue weighted by Gasteiger charge is -2.32. The molecule has 0 aliphatic rings. The minimum absolute atomic E-state index is 0.434. The summed E-state index contributed by atoms with van der Waals surface area (Å²) < 4.78 is 180. The SMILES string of the molecule is C=CC(N)=O.OB(O)c1ccc(C(F)(F)C(F)(F)C(F)(F)F)cc1C(F)(F)C(F)(F)C(F)(F)F. The van der Waals surface area contributed by atoms with Crippen LogP contribution in [0.5, 0.6) is 0 Å². The Morgan fingerprint density at radius 3 is 1.44 bits per heavy atom. The van der Waals surface area contributed by atoms with Crippen LogP contribution in [-0.2, 0) is 16.6 Å². The Morgan fingerprint density at radius 2 is 1.15 bits per heavy atom. The van der Waals surface area contributed by atoms with Crippen molar-refractivity contribution in [2.45, 2.75) is 36.0 Å². The number of benzene rings is 1. The van der Waals surface area contributed by atoms with E-state index in [-0.39, 0.29) is 0 Å². The molecule has 19 heteroatoms. The molecule has 0 aromatic heterocycles. The summed E-state index contributed by atoms with van der Waals surface area (Å²) in [5.74, 6) is -27.5. The summed E-state index contributed by atoms with van der Waals surface area (Å²) in [6, 6.07) is -2.15. The van der Waals surface area contributed by atoms with E-state index in [0.717, 1.165) is 6.08 Å². The maximum Gasteiger partial charge on any atom is 0.488 e. The first-order valence-electron chi connectivity index (χ1n) is 7.88. The lowest BCUT2D eigenvalue weighted by molar-refractivity contribution is -0.361. The third kappa shape index (κ3) is 5.73.